The van der Waals surface area contributed by atoms with Crippen molar-refractivity contribution in [2.24, 2.45) is 15.3 Å². The second kappa shape index (κ2) is 31.6. The van der Waals surface area contributed by atoms with Crippen LogP contribution in [0, 0.1) is 113 Å². The average Bonchev–Trinajstić information content (AvgIpc) is 1.63. The minimum Gasteiger partial charge on any atom is -0.497 e. The van der Waals surface area contributed by atoms with Gasteiger partial charge in [-0.15, -0.1) is 0 Å². The van der Waals surface area contributed by atoms with Gasteiger partial charge < -0.3 is 23.9 Å². The van der Waals surface area contributed by atoms with Crippen molar-refractivity contribution in [1.29, 1.82) is 52.6 Å². The number of nitrogens with zero attached hydrogens (tertiary/aromatic N) is 23. The smallest absolute Gasteiger partial charge is 0.177 e. The number of hydrogen-bond donors (Lipinski definition) is 0. The highest BCUT2D eigenvalue weighted by Crippen LogP contribution is 2.43. The molecule has 0 bridgehead atoms. The fourth-order valence-electron chi connectivity index (χ4n) is 12.2. The van der Waals surface area contributed by atoms with Crippen LogP contribution in [0.2, 0.25) is 0 Å². The fraction of sp³-hybridized carbons (Fsp3) is 0.0854. The Hall–Kier alpha value is -17.2. The molecule has 28 nitrogen and oxygen atoms in total. The van der Waals surface area contributed by atoms with Crippen LogP contribution in [0.15, 0.2) is 179 Å². The molecule has 5 aromatic heterocycles. The number of rotatable bonds is 8. The number of aliphatic imine (C=N–C) groups is 1. The average molecular weight is 1430 g/mol. The summed E-state index contributed by atoms with van der Waals surface area (Å²) in [6.45, 7) is 2.26. The van der Waals surface area contributed by atoms with Crippen molar-refractivity contribution < 1.29 is 23.9 Å². The van der Waals surface area contributed by atoms with Gasteiger partial charge in [-0.1, -0.05) is 126 Å². The van der Waals surface area contributed by atoms with Crippen LogP contribution in [0.3, 0.4) is 0 Å². The number of benzene rings is 7. The Balaban J connectivity index is 0.000000121. The Bertz CT molecular complexity index is 6390. The first kappa shape index (κ1) is 71.3. The van der Waals surface area contributed by atoms with Gasteiger partial charge in [-0.3, -0.25) is 0 Å². The molecule has 0 fully saturated rings. The molecule has 0 amide bonds. The summed E-state index contributed by atoms with van der Waals surface area (Å²) >= 11 is 0. The van der Waals surface area contributed by atoms with E-state index in [1.54, 1.807) is 33.5 Å². The van der Waals surface area contributed by atoms with Crippen LogP contribution in [0.25, 0.3) is 56.3 Å². The van der Waals surface area contributed by atoms with Crippen LogP contribution in [0.1, 0.15) is 120 Å². The van der Waals surface area contributed by atoms with Crippen LogP contribution < -0.4 is 19.0 Å². The largest absolute Gasteiger partial charge is 0.497 e. The molecule has 7 aromatic carbocycles. The summed E-state index contributed by atoms with van der Waals surface area (Å²) in [6.07, 6.45) is 1.18. The number of oxime groups is 2. The quantitative estimate of drug-likeness (QED) is 0.127. The lowest BCUT2D eigenvalue weighted by Crippen LogP contribution is -2.07. The summed E-state index contributed by atoms with van der Waals surface area (Å²) in [4.78, 5) is 58.1. The molecule has 518 valence electrons. The lowest BCUT2D eigenvalue weighted by molar-refractivity contribution is 0.159. The highest BCUT2D eigenvalue weighted by Gasteiger charge is 2.34. The maximum Gasteiger partial charge on any atom is 0.177 e. The van der Waals surface area contributed by atoms with E-state index >= 15 is 0 Å². The molecule has 5 aliphatic rings. The van der Waals surface area contributed by atoms with Crippen molar-refractivity contribution in [3.05, 3.63) is 277 Å². The molecule has 5 heterocycles. The molecule has 5 aliphatic carbocycles. The molecule has 17 rings (SSSR count). The summed E-state index contributed by atoms with van der Waals surface area (Å²) in [7, 11) is 4.73. The SMILES string of the molecule is CCON=C1c2ccccc2-c2nc(C#N)c(C#N)nc21.COc1cc2c(cc1OC)-c1nc(C#N)c(C#N)nc1C2.COc1ccc2c(c1)-c1nc(C#N)c(C#N)nc1C2.N#Cc1nc2c(nc1C#N)-c1ccccc1C2=NOc1ccccc1.N#Cc1nc2c(nc1C#N)-c1ccccc1C2=Nc1ccccc1. The van der Waals surface area contributed by atoms with Crippen molar-refractivity contribution in [3.8, 4) is 140 Å². The first-order valence-electron chi connectivity index (χ1n) is 32.9. The van der Waals surface area contributed by atoms with Gasteiger partial charge in [0, 0.05) is 57.3 Å². The van der Waals surface area contributed by atoms with Gasteiger partial charge in [0.15, 0.2) is 74.2 Å². The molecule has 28 heteroatoms. The molecule has 0 unspecified atom stereocenters. The Morgan fingerprint density at radius 1 is 0.309 bits per heavy atom. The molecule has 0 atom stereocenters. The number of methoxy groups -OCH3 is 3. The molecule has 0 saturated heterocycles. The van der Waals surface area contributed by atoms with E-state index in [1.165, 1.54) is 0 Å². The lowest BCUT2D eigenvalue weighted by atomic mass is 10.1. The Kier molecular flexibility index (Phi) is 20.5. The summed E-state index contributed by atoms with van der Waals surface area (Å²) in [5.41, 5.74) is 17.5. The zero-order valence-electron chi connectivity index (χ0n) is 58.0. The number of aromatic nitrogens is 10. The van der Waals surface area contributed by atoms with E-state index in [-0.39, 0.29) is 56.9 Å². The topological polar surface area (TPSA) is 450 Å². The number of nitriles is 10. The van der Waals surface area contributed by atoms with E-state index < -0.39 is 0 Å². The van der Waals surface area contributed by atoms with Crippen molar-refractivity contribution in [3.63, 3.8) is 0 Å². The summed E-state index contributed by atoms with van der Waals surface area (Å²) in [5, 5.41) is 99.3. The maximum atomic E-state index is 9.23. The first-order valence-corrected chi connectivity index (χ1v) is 32.9. The van der Waals surface area contributed by atoms with E-state index in [4.69, 9.17) is 60.4 Å². The second-order valence-electron chi connectivity index (χ2n) is 23.3. The Labute approximate surface area is 626 Å². The lowest BCUT2D eigenvalue weighted by Gasteiger charge is -2.09. The van der Waals surface area contributed by atoms with E-state index in [1.807, 2.05) is 219 Å². The summed E-state index contributed by atoms with van der Waals surface area (Å²) < 4.78 is 15.8. The van der Waals surface area contributed by atoms with Crippen LogP contribution in [-0.2, 0) is 17.7 Å². The normalized spacial score (nSPS) is 12.3. The highest BCUT2D eigenvalue weighted by atomic mass is 16.6. The summed E-state index contributed by atoms with van der Waals surface area (Å²) in [5.74, 6) is 2.54. The van der Waals surface area contributed by atoms with Crippen LogP contribution >= 0.6 is 0 Å². The minimum atomic E-state index is -0.0264. The third-order valence-corrected chi connectivity index (χ3v) is 17.1. The van der Waals surface area contributed by atoms with Crippen LogP contribution in [0.5, 0.6) is 23.0 Å². The van der Waals surface area contributed by atoms with Gasteiger partial charge in [-0.2, -0.15) is 52.6 Å². The predicted molar refractivity (Wildman–Crippen MR) is 391 cm³/mol. The van der Waals surface area contributed by atoms with E-state index in [2.05, 4.69) is 60.2 Å². The molecule has 0 N–H and O–H groups in total. The molecule has 0 radical (unpaired) electrons. The first-order chi connectivity index (χ1) is 53.9. The van der Waals surface area contributed by atoms with Gasteiger partial charge in [0.05, 0.1) is 55.5 Å². The maximum absolute atomic E-state index is 9.23. The van der Waals surface area contributed by atoms with Crippen molar-refractivity contribution in [2.75, 3.05) is 27.9 Å². The van der Waals surface area contributed by atoms with E-state index in [9.17, 15) is 21.0 Å². The standard InChI is InChI=1S/C19H9N5O.C19H9N5.C15H9N5O.C15H10N4O2.C14H8N4O/c20-10-15-16(11-21)23-19-17(22-15)13-8-4-5-9-14(13)18(19)24-25-12-6-2-1-3-7-12;20-10-15-16(11-21)24-19-17(22-12-6-2-1-3-7-12)13-8-4-5-9-14(13)18(19)23-15;1-2-21-20-14-10-6-4-3-5-9(10)13-15(14)19-12(8-17)11(7-16)18-13;1-20-13-4-8-3-10-15(9(8)5-14(13)21-2)19-12(7-17)11(6-16)18-10;1-19-9-3-2-8-4-11-14(10(8)5-9)18-13(7-16)12(6-15)17-11/h1-9H;1-9H;3-6H,2H2,1H3;4-5H,3H2,1-2H3;2-3,5H,4H2,1H3. The van der Waals surface area contributed by atoms with Crippen LogP contribution in [0.4, 0.5) is 5.69 Å². The molecule has 0 aliphatic heterocycles. The molecule has 0 saturated carbocycles. The van der Waals surface area contributed by atoms with Gasteiger partial charge in [0.1, 0.15) is 119 Å². The van der Waals surface area contributed by atoms with Gasteiger partial charge in [-0.25, -0.2) is 54.8 Å². The zero-order valence-corrected chi connectivity index (χ0v) is 58.0. The molecule has 110 heavy (non-hydrogen) atoms. The number of para-hydroxylation sites is 2. The van der Waals surface area contributed by atoms with Gasteiger partial charge >= 0.3 is 0 Å². The Morgan fingerprint density at radius 3 is 1.07 bits per heavy atom. The van der Waals surface area contributed by atoms with Crippen molar-refractivity contribution in [2.45, 2.75) is 19.8 Å². The van der Waals surface area contributed by atoms with E-state index in [0.29, 0.717) is 105 Å². The third-order valence-electron chi connectivity index (χ3n) is 17.1. The van der Waals surface area contributed by atoms with Crippen LogP contribution in [-0.4, -0.2) is 94.9 Å². The van der Waals surface area contributed by atoms with Gasteiger partial charge in [-0.05, 0) is 66.6 Å². The second-order valence-corrected chi connectivity index (χ2v) is 23.3. The van der Waals surface area contributed by atoms with Crippen molar-refractivity contribution >= 4 is 22.8 Å². The fourth-order valence-corrected chi connectivity index (χ4v) is 12.2. The summed E-state index contributed by atoms with van der Waals surface area (Å²) in [6, 6.07) is 69.9. The predicted octanol–water partition coefficient (Wildman–Crippen LogP) is 12.0. The van der Waals surface area contributed by atoms with Gasteiger partial charge in [0.25, 0.3) is 0 Å². The number of fused-ring (bicyclic) bond motifs is 15. The highest BCUT2D eigenvalue weighted by molar-refractivity contribution is 6.24. The molecular weight excluding hydrogens is 1390 g/mol. The molecular formula is C82H45N23O5. The molecule has 12 aromatic rings. The van der Waals surface area contributed by atoms with Gasteiger partial charge in [0.2, 0.25) is 0 Å². The zero-order chi connectivity index (χ0) is 77.0. The number of ether oxygens (including phenoxy) is 3. The number of hydrogen-bond acceptors (Lipinski definition) is 28. The monoisotopic (exact) mass is 1430 g/mol. The van der Waals surface area contributed by atoms with Crippen molar-refractivity contribution in [1.82, 2.24) is 49.8 Å². The Morgan fingerprint density at radius 2 is 0.655 bits per heavy atom. The van der Waals surface area contributed by atoms with E-state index in [0.717, 1.165) is 72.8 Å². The third kappa shape index (κ3) is 13.6. The minimum absolute atomic E-state index is 0.00119. The molecule has 0 spiro atoms.